The minimum Gasteiger partial charge on any atom is -0.267 e. The molecule has 0 saturated carbocycles. The van der Waals surface area contributed by atoms with Crippen LogP contribution in [-0.2, 0) is 4.79 Å². The van der Waals surface area contributed by atoms with Crippen LogP contribution in [0.15, 0.2) is 40.4 Å². The molecule has 0 saturated heterocycles. The summed E-state index contributed by atoms with van der Waals surface area (Å²) in [4.78, 5) is 15.4. The number of fused-ring (bicyclic) bond motifs is 1. The Balaban J connectivity index is 2.46. The van der Waals surface area contributed by atoms with Gasteiger partial charge < -0.3 is 0 Å². The summed E-state index contributed by atoms with van der Waals surface area (Å²) in [5.74, 6) is 0.186. The standard InChI is InChI=1S/C12H13NO/c1-3-9-5-4-6-10-8(2)7-11(14)13-12(9)10/h4-7,9H,3H2,1-2H3. The van der Waals surface area contributed by atoms with E-state index in [1.165, 1.54) is 0 Å². The monoisotopic (exact) mass is 187 g/mol. The van der Waals surface area contributed by atoms with Crippen LogP contribution in [0.5, 0.6) is 0 Å². The van der Waals surface area contributed by atoms with Gasteiger partial charge in [-0.05, 0) is 24.5 Å². The summed E-state index contributed by atoms with van der Waals surface area (Å²) in [7, 11) is 0. The van der Waals surface area contributed by atoms with Crippen molar-refractivity contribution in [3.63, 3.8) is 0 Å². The van der Waals surface area contributed by atoms with E-state index in [-0.39, 0.29) is 5.91 Å². The van der Waals surface area contributed by atoms with Crippen LogP contribution in [-0.4, -0.2) is 11.6 Å². The van der Waals surface area contributed by atoms with Gasteiger partial charge in [-0.15, -0.1) is 0 Å². The zero-order valence-electron chi connectivity index (χ0n) is 8.45. The molecule has 72 valence electrons. The number of dihydropyridines is 1. The van der Waals surface area contributed by atoms with Crippen molar-refractivity contribution >= 4 is 11.6 Å². The van der Waals surface area contributed by atoms with E-state index < -0.39 is 0 Å². The number of carbonyl (C=O) groups excluding carboxylic acids is 1. The van der Waals surface area contributed by atoms with Crippen LogP contribution < -0.4 is 0 Å². The second-order valence-electron chi connectivity index (χ2n) is 3.64. The Hall–Kier alpha value is -1.44. The Morgan fingerprint density at radius 1 is 1.50 bits per heavy atom. The molecule has 0 bridgehead atoms. The smallest absolute Gasteiger partial charge is 0.267 e. The van der Waals surface area contributed by atoms with E-state index in [1.807, 2.05) is 13.0 Å². The Morgan fingerprint density at radius 3 is 3.00 bits per heavy atom. The number of hydrogen-bond donors (Lipinski definition) is 0. The lowest BCUT2D eigenvalue weighted by molar-refractivity contribution is -0.113. The Morgan fingerprint density at radius 2 is 2.29 bits per heavy atom. The highest BCUT2D eigenvalue weighted by molar-refractivity contribution is 6.16. The number of hydrogen-bond acceptors (Lipinski definition) is 1. The summed E-state index contributed by atoms with van der Waals surface area (Å²) >= 11 is 0. The predicted octanol–water partition coefficient (Wildman–Crippen LogP) is 2.44. The van der Waals surface area contributed by atoms with E-state index in [0.29, 0.717) is 5.92 Å². The van der Waals surface area contributed by atoms with Crippen LogP contribution in [0, 0.1) is 5.92 Å². The van der Waals surface area contributed by atoms with Gasteiger partial charge in [-0.25, -0.2) is 4.99 Å². The molecule has 0 spiro atoms. The molecule has 2 heteroatoms. The van der Waals surface area contributed by atoms with Crippen molar-refractivity contribution in [1.82, 2.24) is 0 Å². The largest absolute Gasteiger partial charge is 0.270 e. The van der Waals surface area contributed by atoms with Crippen molar-refractivity contribution < 1.29 is 4.79 Å². The normalized spacial score (nSPS) is 25.1. The summed E-state index contributed by atoms with van der Waals surface area (Å²) < 4.78 is 0. The molecule has 1 amide bonds. The van der Waals surface area contributed by atoms with Crippen molar-refractivity contribution in [2.24, 2.45) is 10.9 Å². The maximum absolute atomic E-state index is 11.3. The summed E-state index contributed by atoms with van der Waals surface area (Å²) in [5, 5.41) is 0. The average Bonchev–Trinajstić information content (AvgIpc) is 2.17. The Bertz CT molecular complexity index is 397. The third-order valence-corrected chi connectivity index (χ3v) is 2.67. The van der Waals surface area contributed by atoms with E-state index in [9.17, 15) is 4.79 Å². The second kappa shape index (κ2) is 3.37. The van der Waals surface area contributed by atoms with Crippen LogP contribution in [0.1, 0.15) is 20.3 Å². The fourth-order valence-electron chi connectivity index (χ4n) is 1.88. The van der Waals surface area contributed by atoms with Crippen molar-refractivity contribution in [2.45, 2.75) is 20.3 Å². The van der Waals surface area contributed by atoms with Gasteiger partial charge in [0, 0.05) is 12.0 Å². The van der Waals surface area contributed by atoms with Gasteiger partial charge in [-0.3, -0.25) is 4.79 Å². The first kappa shape index (κ1) is 9.13. The predicted molar refractivity (Wildman–Crippen MR) is 57.2 cm³/mol. The molecule has 2 rings (SSSR count). The topological polar surface area (TPSA) is 29.4 Å². The first-order valence-corrected chi connectivity index (χ1v) is 4.92. The van der Waals surface area contributed by atoms with Crippen molar-refractivity contribution in [3.05, 3.63) is 35.5 Å². The minimum atomic E-state index is -0.122. The highest BCUT2D eigenvalue weighted by Gasteiger charge is 2.23. The molecule has 2 aliphatic rings. The van der Waals surface area contributed by atoms with Crippen molar-refractivity contribution in [3.8, 4) is 0 Å². The molecule has 0 fully saturated rings. The van der Waals surface area contributed by atoms with Crippen LogP contribution in [0.2, 0.25) is 0 Å². The Labute approximate surface area is 83.7 Å². The summed E-state index contributed by atoms with van der Waals surface area (Å²) in [6.45, 7) is 4.07. The van der Waals surface area contributed by atoms with Gasteiger partial charge in [0.25, 0.3) is 5.91 Å². The van der Waals surface area contributed by atoms with Crippen LogP contribution in [0.3, 0.4) is 0 Å². The van der Waals surface area contributed by atoms with Crippen LogP contribution >= 0.6 is 0 Å². The number of nitrogens with zero attached hydrogens (tertiary/aromatic N) is 1. The van der Waals surface area contributed by atoms with Gasteiger partial charge in [-0.2, -0.15) is 0 Å². The maximum Gasteiger partial charge on any atom is 0.270 e. The van der Waals surface area contributed by atoms with Crippen LogP contribution in [0.25, 0.3) is 0 Å². The molecule has 1 aliphatic heterocycles. The quantitative estimate of drug-likeness (QED) is 0.620. The van der Waals surface area contributed by atoms with Gasteiger partial charge in [0.15, 0.2) is 0 Å². The summed E-state index contributed by atoms with van der Waals surface area (Å²) in [6.07, 6.45) is 8.78. The molecular weight excluding hydrogens is 174 g/mol. The van der Waals surface area contributed by atoms with Crippen molar-refractivity contribution in [2.75, 3.05) is 0 Å². The van der Waals surface area contributed by atoms with E-state index >= 15 is 0 Å². The molecule has 1 atom stereocenters. The second-order valence-corrected chi connectivity index (χ2v) is 3.64. The van der Waals surface area contributed by atoms with E-state index in [1.54, 1.807) is 6.08 Å². The van der Waals surface area contributed by atoms with Gasteiger partial charge in [0.1, 0.15) is 0 Å². The van der Waals surface area contributed by atoms with Gasteiger partial charge in [0.2, 0.25) is 0 Å². The number of aliphatic imine (C=N–C) groups is 1. The van der Waals surface area contributed by atoms with E-state index in [4.69, 9.17) is 0 Å². The summed E-state index contributed by atoms with van der Waals surface area (Å²) in [5.41, 5.74) is 3.10. The molecule has 0 N–H and O–H groups in total. The molecular formula is C12H13NO. The summed E-state index contributed by atoms with van der Waals surface area (Å²) in [6, 6.07) is 0. The lowest BCUT2D eigenvalue weighted by Gasteiger charge is -2.22. The zero-order chi connectivity index (χ0) is 10.1. The molecule has 0 aromatic rings. The highest BCUT2D eigenvalue weighted by Crippen LogP contribution is 2.26. The van der Waals surface area contributed by atoms with Crippen LogP contribution in [0.4, 0.5) is 0 Å². The molecule has 1 aliphatic carbocycles. The maximum atomic E-state index is 11.3. The SMILES string of the molecule is CCC1C=CC=C2C(C)=CC(=O)N=C21. The molecule has 0 aromatic carbocycles. The first-order chi connectivity index (χ1) is 6.72. The third-order valence-electron chi connectivity index (χ3n) is 2.67. The molecule has 2 nitrogen and oxygen atoms in total. The molecule has 1 heterocycles. The molecule has 0 aromatic heterocycles. The van der Waals surface area contributed by atoms with Gasteiger partial charge in [-0.1, -0.05) is 25.2 Å². The number of rotatable bonds is 1. The lowest BCUT2D eigenvalue weighted by atomic mass is 9.85. The number of amides is 1. The molecule has 0 radical (unpaired) electrons. The fourth-order valence-corrected chi connectivity index (χ4v) is 1.88. The molecule has 1 unspecified atom stereocenters. The number of carbonyl (C=O) groups is 1. The third kappa shape index (κ3) is 1.37. The minimum absolute atomic E-state index is 0.122. The van der Waals surface area contributed by atoms with E-state index in [2.05, 4.69) is 24.1 Å². The van der Waals surface area contributed by atoms with Crippen molar-refractivity contribution in [1.29, 1.82) is 0 Å². The first-order valence-electron chi connectivity index (χ1n) is 4.92. The fraction of sp³-hybridized carbons (Fsp3) is 0.333. The highest BCUT2D eigenvalue weighted by atomic mass is 16.1. The van der Waals surface area contributed by atoms with Gasteiger partial charge in [0.05, 0.1) is 5.71 Å². The Kier molecular flexibility index (Phi) is 2.20. The lowest BCUT2D eigenvalue weighted by Crippen LogP contribution is -2.22. The molecule has 14 heavy (non-hydrogen) atoms. The average molecular weight is 187 g/mol. The zero-order valence-corrected chi connectivity index (χ0v) is 8.45. The number of allylic oxidation sites excluding steroid dienone is 5. The van der Waals surface area contributed by atoms with Gasteiger partial charge >= 0.3 is 0 Å². The van der Waals surface area contributed by atoms with E-state index in [0.717, 1.165) is 23.3 Å².